The van der Waals surface area contributed by atoms with Gasteiger partial charge < -0.3 is 10.2 Å². The average Bonchev–Trinajstić information content (AvgIpc) is 2.85. The van der Waals surface area contributed by atoms with Crippen molar-refractivity contribution in [3.63, 3.8) is 0 Å². The van der Waals surface area contributed by atoms with Crippen LogP contribution < -0.4 is 5.32 Å². The molecule has 1 N–H and O–H groups in total. The first-order chi connectivity index (χ1) is 8.50. The van der Waals surface area contributed by atoms with E-state index in [-0.39, 0.29) is 16.6 Å². The molecule has 1 unspecified atom stereocenters. The molecule has 0 spiro atoms. The molecule has 0 aliphatic carbocycles. The molecule has 1 amide bonds. The van der Waals surface area contributed by atoms with Crippen LogP contribution in [0.1, 0.15) is 16.8 Å². The zero-order valence-electron chi connectivity index (χ0n) is 9.84. The number of hydrogen-bond donors (Lipinski definition) is 1. The molecule has 18 heavy (non-hydrogen) atoms. The number of amides is 1. The monoisotopic (exact) mass is 274 g/mol. The molecule has 0 radical (unpaired) electrons. The molecule has 2 rings (SSSR count). The van der Waals surface area contributed by atoms with E-state index in [1.54, 1.807) is 7.05 Å². The van der Waals surface area contributed by atoms with Crippen molar-refractivity contribution in [2.75, 3.05) is 20.1 Å². The lowest BCUT2D eigenvalue weighted by Crippen LogP contribution is -2.38. The fraction of sp³-hybridized carbons (Fsp3) is 0.417. The Morgan fingerprint density at radius 2 is 2.11 bits per heavy atom. The second kappa shape index (κ2) is 5.20. The second-order valence-electron chi connectivity index (χ2n) is 4.31. The van der Waals surface area contributed by atoms with E-state index in [0.29, 0.717) is 6.54 Å². The maximum Gasteiger partial charge on any atom is 0.255 e. The number of hydrogen-bond acceptors (Lipinski definition) is 2. The first kappa shape index (κ1) is 13.2. The molecule has 98 valence electrons. The quantitative estimate of drug-likeness (QED) is 0.837. The minimum absolute atomic E-state index is 0.00929. The molecule has 1 fully saturated rings. The van der Waals surface area contributed by atoms with Crippen LogP contribution in [0.3, 0.4) is 0 Å². The first-order valence-electron chi connectivity index (χ1n) is 5.63. The number of carbonyl (C=O) groups is 1. The van der Waals surface area contributed by atoms with Crippen LogP contribution in [-0.2, 0) is 0 Å². The van der Waals surface area contributed by atoms with Gasteiger partial charge in [-0.2, -0.15) is 0 Å². The lowest BCUT2D eigenvalue weighted by Gasteiger charge is -2.24. The Morgan fingerprint density at radius 1 is 1.44 bits per heavy atom. The Bertz CT molecular complexity index is 475. The van der Waals surface area contributed by atoms with Crippen molar-refractivity contribution in [3.8, 4) is 0 Å². The molecule has 1 atom stereocenters. The second-order valence-corrected chi connectivity index (χ2v) is 4.72. The van der Waals surface area contributed by atoms with Gasteiger partial charge in [0.2, 0.25) is 0 Å². The lowest BCUT2D eigenvalue weighted by molar-refractivity contribution is 0.0743. The summed E-state index contributed by atoms with van der Waals surface area (Å²) in [4.78, 5) is 13.7. The maximum atomic E-state index is 13.1. The third-order valence-electron chi connectivity index (χ3n) is 3.14. The van der Waals surface area contributed by atoms with E-state index < -0.39 is 17.5 Å². The Balaban J connectivity index is 2.25. The Hall–Kier alpha value is -1.20. The number of nitrogens with zero attached hydrogens (tertiary/aromatic N) is 1. The van der Waals surface area contributed by atoms with Crippen molar-refractivity contribution in [2.45, 2.75) is 12.5 Å². The molecule has 3 nitrogen and oxygen atoms in total. The number of rotatable bonds is 2. The molecule has 1 aliphatic rings. The van der Waals surface area contributed by atoms with Gasteiger partial charge in [0.25, 0.3) is 5.91 Å². The smallest absolute Gasteiger partial charge is 0.255 e. The van der Waals surface area contributed by atoms with E-state index in [1.807, 2.05) is 0 Å². The predicted molar refractivity (Wildman–Crippen MR) is 64.7 cm³/mol. The standard InChI is InChI=1S/C12H13ClF2N2O/c1-17(7-2-3-16-6-7)12(18)8-4-10(14)11(15)5-9(8)13/h4-5,7,16H,2-3,6H2,1H3. The molecule has 0 aromatic heterocycles. The summed E-state index contributed by atoms with van der Waals surface area (Å²) in [7, 11) is 1.64. The van der Waals surface area contributed by atoms with Gasteiger partial charge in [0.05, 0.1) is 10.6 Å². The Kier molecular flexibility index (Phi) is 3.82. The van der Waals surface area contributed by atoms with E-state index in [4.69, 9.17) is 11.6 Å². The zero-order valence-corrected chi connectivity index (χ0v) is 10.6. The van der Waals surface area contributed by atoms with Gasteiger partial charge in [-0.3, -0.25) is 4.79 Å². The van der Waals surface area contributed by atoms with E-state index in [9.17, 15) is 13.6 Å². The summed E-state index contributed by atoms with van der Waals surface area (Å²) in [5, 5.41) is 3.06. The minimum Gasteiger partial charge on any atom is -0.337 e. The third kappa shape index (κ3) is 2.47. The van der Waals surface area contributed by atoms with Crippen LogP contribution in [-0.4, -0.2) is 37.0 Å². The van der Waals surface area contributed by atoms with Gasteiger partial charge in [0.15, 0.2) is 11.6 Å². The van der Waals surface area contributed by atoms with Crippen LogP contribution in [0.25, 0.3) is 0 Å². The molecule has 1 aliphatic heterocycles. The fourth-order valence-corrected chi connectivity index (χ4v) is 2.24. The summed E-state index contributed by atoms with van der Waals surface area (Å²) in [6.07, 6.45) is 0.837. The number of benzene rings is 1. The largest absolute Gasteiger partial charge is 0.337 e. The van der Waals surface area contributed by atoms with E-state index in [0.717, 1.165) is 25.1 Å². The van der Waals surface area contributed by atoms with Gasteiger partial charge in [-0.1, -0.05) is 11.6 Å². The van der Waals surface area contributed by atoms with Crippen molar-refractivity contribution in [1.82, 2.24) is 10.2 Å². The van der Waals surface area contributed by atoms with Gasteiger partial charge in [-0.25, -0.2) is 8.78 Å². The van der Waals surface area contributed by atoms with Gasteiger partial charge in [-0.05, 0) is 25.1 Å². The molecule has 1 aromatic rings. The summed E-state index contributed by atoms with van der Waals surface area (Å²) < 4.78 is 26.1. The predicted octanol–water partition coefficient (Wildman–Crippen LogP) is 2.05. The Labute approximate surface area is 109 Å². The molecule has 6 heteroatoms. The SMILES string of the molecule is CN(C(=O)c1cc(F)c(F)cc1Cl)C1CCNC1. The number of likely N-dealkylation sites (N-methyl/N-ethyl adjacent to an activating group) is 1. The summed E-state index contributed by atoms with van der Waals surface area (Å²) in [6.45, 7) is 1.54. The third-order valence-corrected chi connectivity index (χ3v) is 3.46. The zero-order chi connectivity index (χ0) is 13.3. The van der Waals surface area contributed by atoms with Crippen LogP contribution in [0.15, 0.2) is 12.1 Å². The number of carbonyl (C=O) groups excluding carboxylic acids is 1. The number of halogens is 3. The Morgan fingerprint density at radius 3 is 2.72 bits per heavy atom. The molecular formula is C12H13ClF2N2O. The summed E-state index contributed by atoms with van der Waals surface area (Å²) in [5.74, 6) is -2.52. The fourth-order valence-electron chi connectivity index (χ4n) is 2.01. The molecule has 0 bridgehead atoms. The normalized spacial score (nSPS) is 19.0. The average molecular weight is 275 g/mol. The highest BCUT2D eigenvalue weighted by Crippen LogP contribution is 2.22. The van der Waals surface area contributed by atoms with Crippen molar-refractivity contribution >= 4 is 17.5 Å². The first-order valence-corrected chi connectivity index (χ1v) is 6.01. The van der Waals surface area contributed by atoms with Crippen LogP contribution in [0, 0.1) is 11.6 Å². The highest BCUT2D eigenvalue weighted by molar-refractivity contribution is 6.33. The summed E-state index contributed by atoms with van der Waals surface area (Å²) in [5.41, 5.74) is -0.00929. The molecule has 1 aromatic carbocycles. The minimum atomic E-state index is -1.07. The van der Waals surface area contributed by atoms with Crippen molar-refractivity contribution in [1.29, 1.82) is 0 Å². The van der Waals surface area contributed by atoms with Gasteiger partial charge in [-0.15, -0.1) is 0 Å². The van der Waals surface area contributed by atoms with Crippen LogP contribution in [0.2, 0.25) is 5.02 Å². The van der Waals surface area contributed by atoms with Gasteiger partial charge in [0.1, 0.15) is 0 Å². The maximum absolute atomic E-state index is 13.1. The van der Waals surface area contributed by atoms with Crippen molar-refractivity contribution in [2.24, 2.45) is 0 Å². The van der Waals surface area contributed by atoms with Crippen molar-refractivity contribution < 1.29 is 13.6 Å². The molecular weight excluding hydrogens is 262 g/mol. The van der Waals surface area contributed by atoms with E-state index in [1.165, 1.54) is 4.90 Å². The molecule has 1 saturated heterocycles. The van der Waals surface area contributed by atoms with E-state index in [2.05, 4.69) is 5.32 Å². The van der Waals surface area contributed by atoms with Crippen molar-refractivity contribution in [3.05, 3.63) is 34.4 Å². The number of nitrogens with one attached hydrogen (secondary N) is 1. The lowest BCUT2D eigenvalue weighted by atomic mass is 10.1. The van der Waals surface area contributed by atoms with Crippen LogP contribution >= 0.6 is 11.6 Å². The van der Waals surface area contributed by atoms with Crippen LogP contribution in [0.5, 0.6) is 0 Å². The highest BCUT2D eigenvalue weighted by Gasteiger charge is 2.26. The van der Waals surface area contributed by atoms with Gasteiger partial charge >= 0.3 is 0 Å². The summed E-state index contributed by atoms with van der Waals surface area (Å²) in [6, 6.07) is 1.73. The van der Waals surface area contributed by atoms with Gasteiger partial charge in [0, 0.05) is 19.6 Å². The molecule has 1 heterocycles. The summed E-state index contributed by atoms with van der Waals surface area (Å²) >= 11 is 5.78. The van der Waals surface area contributed by atoms with E-state index >= 15 is 0 Å². The topological polar surface area (TPSA) is 32.3 Å². The molecule has 0 saturated carbocycles. The van der Waals surface area contributed by atoms with Crippen LogP contribution in [0.4, 0.5) is 8.78 Å². The highest BCUT2D eigenvalue weighted by atomic mass is 35.5.